The quantitative estimate of drug-likeness (QED) is 0.669. The van der Waals surface area contributed by atoms with Crippen LogP contribution in [0.3, 0.4) is 0 Å². The van der Waals surface area contributed by atoms with E-state index in [4.69, 9.17) is 4.43 Å². The Morgan fingerprint density at radius 3 is 2.37 bits per heavy atom. The average Bonchev–Trinajstić information content (AvgIpc) is 2.70. The summed E-state index contributed by atoms with van der Waals surface area (Å²) in [4.78, 5) is 0. The van der Waals surface area contributed by atoms with E-state index in [1.165, 1.54) is 22.3 Å². The van der Waals surface area contributed by atoms with Crippen LogP contribution in [0.15, 0.2) is 12.1 Å². The van der Waals surface area contributed by atoms with Crippen molar-refractivity contribution in [2.75, 3.05) is 0 Å². The fourth-order valence-electron chi connectivity index (χ4n) is 2.33. The highest BCUT2D eigenvalue weighted by Gasteiger charge is 2.39. The Kier molecular flexibility index (Phi) is 3.42. The molecule has 0 unspecified atom stereocenters. The summed E-state index contributed by atoms with van der Waals surface area (Å²) in [5.41, 5.74) is 5.41. The van der Waals surface area contributed by atoms with Crippen LogP contribution in [-0.4, -0.2) is 8.32 Å². The van der Waals surface area contributed by atoms with Crippen LogP contribution in [0.2, 0.25) is 18.1 Å². The summed E-state index contributed by atoms with van der Waals surface area (Å²) < 4.78 is 6.56. The van der Waals surface area contributed by atoms with Gasteiger partial charge in [0.2, 0.25) is 0 Å². The molecule has 0 fully saturated rings. The molecule has 0 saturated carbocycles. The third-order valence-corrected chi connectivity index (χ3v) is 8.95. The van der Waals surface area contributed by atoms with Crippen LogP contribution < -0.4 is 4.43 Å². The van der Waals surface area contributed by atoms with E-state index in [9.17, 15) is 0 Å². The average molecular weight is 274 g/mol. The van der Waals surface area contributed by atoms with Gasteiger partial charge in [-0.2, -0.15) is 0 Å². The first kappa shape index (κ1) is 14.4. The van der Waals surface area contributed by atoms with Crippen LogP contribution in [0.25, 0.3) is 6.08 Å². The molecule has 0 N–H and O–H groups in total. The van der Waals surface area contributed by atoms with Gasteiger partial charge in [-0.05, 0) is 60.7 Å². The fourth-order valence-corrected chi connectivity index (χ4v) is 3.46. The molecule has 19 heavy (non-hydrogen) atoms. The largest absolute Gasteiger partial charge is 0.543 e. The topological polar surface area (TPSA) is 9.23 Å². The maximum atomic E-state index is 6.56. The van der Waals surface area contributed by atoms with Gasteiger partial charge in [0.15, 0.2) is 0 Å². The number of hydrogen-bond donors (Lipinski definition) is 0. The van der Waals surface area contributed by atoms with Crippen molar-refractivity contribution in [3.8, 4) is 5.75 Å². The summed E-state index contributed by atoms with van der Waals surface area (Å²) in [6.45, 7) is 15.9. The minimum Gasteiger partial charge on any atom is -0.543 e. The molecule has 104 valence electrons. The normalized spacial score (nSPS) is 14.7. The van der Waals surface area contributed by atoms with E-state index in [0.29, 0.717) is 0 Å². The van der Waals surface area contributed by atoms with Gasteiger partial charge >= 0.3 is 0 Å². The molecule has 0 aliphatic heterocycles. The number of fused-ring (bicyclic) bond motifs is 1. The van der Waals surface area contributed by atoms with Crippen LogP contribution in [0.4, 0.5) is 0 Å². The highest BCUT2D eigenvalue weighted by atomic mass is 28.4. The molecular formula is C17H26OSi. The van der Waals surface area contributed by atoms with Crippen LogP contribution in [0, 0.1) is 13.8 Å². The predicted octanol–water partition coefficient (Wildman–Crippen LogP) is 5.26. The minimum absolute atomic E-state index is 0.237. The first-order valence-corrected chi connectivity index (χ1v) is 10.0. The molecule has 0 atom stereocenters. The van der Waals surface area contributed by atoms with Gasteiger partial charge in [0.1, 0.15) is 5.75 Å². The van der Waals surface area contributed by atoms with Gasteiger partial charge in [0, 0.05) is 0 Å². The van der Waals surface area contributed by atoms with Crippen LogP contribution in [0.5, 0.6) is 5.75 Å². The van der Waals surface area contributed by atoms with Crippen LogP contribution >= 0.6 is 0 Å². The van der Waals surface area contributed by atoms with E-state index in [0.717, 1.165) is 12.2 Å². The summed E-state index contributed by atoms with van der Waals surface area (Å²) in [5, 5.41) is 0.237. The van der Waals surface area contributed by atoms with Gasteiger partial charge in [-0.25, -0.2) is 0 Å². The predicted molar refractivity (Wildman–Crippen MR) is 86.5 cm³/mol. The van der Waals surface area contributed by atoms with Crippen molar-refractivity contribution < 1.29 is 4.43 Å². The molecule has 0 radical (unpaired) electrons. The molecule has 1 aliphatic carbocycles. The first-order valence-electron chi connectivity index (χ1n) is 7.12. The fraction of sp³-hybridized carbons (Fsp3) is 0.529. The second kappa shape index (κ2) is 4.52. The molecule has 0 spiro atoms. The molecule has 2 rings (SSSR count). The van der Waals surface area contributed by atoms with Crippen molar-refractivity contribution in [2.24, 2.45) is 0 Å². The maximum Gasteiger partial charge on any atom is 0.250 e. The van der Waals surface area contributed by atoms with Gasteiger partial charge in [-0.15, -0.1) is 0 Å². The lowest BCUT2D eigenvalue weighted by molar-refractivity contribution is 0.486. The minimum atomic E-state index is -1.77. The second-order valence-corrected chi connectivity index (χ2v) is 11.9. The lowest BCUT2D eigenvalue weighted by atomic mass is 10.00. The number of hydrogen-bond acceptors (Lipinski definition) is 1. The number of rotatable bonds is 2. The van der Waals surface area contributed by atoms with Crippen LogP contribution in [0.1, 0.15) is 43.0 Å². The van der Waals surface area contributed by atoms with Gasteiger partial charge in [-0.1, -0.05) is 39.0 Å². The Balaban J connectivity index is 2.45. The Hall–Kier alpha value is -1.02. The lowest BCUT2D eigenvalue weighted by Gasteiger charge is -2.37. The van der Waals surface area contributed by atoms with Crippen molar-refractivity contribution in [1.82, 2.24) is 0 Å². The highest BCUT2D eigenvalue weighted by molar-refractivity contribution is 6.74. The molecule has 1 aliphatic rings. The van der Waals surface area contributed by atoms with Crippen molar-refractivity contribution in [3.05, 3.63) is 34.4 Å². The molecule has 0 heterocycles. The summed E-state index contributed by atoms with van der Waals surface area (Å²) in [5.74, 6) is 1.12. The molecule has 1 aromatic rings. The van der Waals surface area contributed by atoms with E-state index < -0.39 is 8.32 Å². The lowest BCUT2D eigenvalue weighted by Crippen LogP contribution is -2.44. The zero-order valence-electron chi connectivity index (χ0n) is 13.3. The first-order chi connectivity index (χ1) is 8.63. The van der Waals surface area contributed by atoms with E-state index >= 15 is 0 Å². The van der Waals surface area contributed by atoms with Crippen LogP contribution in [-0.2, 0) is 6.42 Å². The molecule has 1 nitrogen and oxygen atoms in total. The van der Waals surface area contributed by atoms with Gasteiger partial charge < -0.3 is 4.43 Å². The Bertz CT molecular complexity index is 533. The summed E-state index contributed by atoms with van der Waals surface area (Å²) in [6, 6.07) is 2.30. The number of benzene rings is 1. The zero-order chi connectivity index (χ0) is 14.4. The summed E-state index contributed by atoms with van der Waals surface area (Å²) in [6.07, 6.45) is 5.55. The molecule has 1 aromatic carbocycles. The van der Waals surface area contributed by atoms with Gasteiger partial charge in [-0.3, -0.25) is 0 Å². The summed E-state index contributed by atoms with van der Waals surface area (Å²) >= 11 is 0. The second-order valence-electron chi connectivity index (χ2n) is 7.19. The molecular weight excluding hydrogens is 248 g/mol. The Morgan fingerprint density at radius 1 is 1.16 bits per heavy atom. The van der Waals surface area contributed by atoms with Crippen molar-refractivity contribution in [2.45, 2.75) is 59.2 Å². The molecule has 0 aromatic heterocycles. The molecule has 0 bridgehead atoms. The van der Waals surface area contributed by atoms with E-state index in [1.807, 2.05) is 0 Å². The zero-order valence-corrected chi connectivity index (χ0v) is 14.3. The Morgan fingerprint density at radius 2 is 1.79 bits per heavy atom. The number of aryl methyl sites for hydroxylation is 1. The molecule has 0 amide bonds. The van der Waals surface area contributed by atoms with E-state index in [2.05, 4.69) is 65.9 Å². The maximum absolute atomic E-state index is 6.56. The van der Waals surface area contributed by atoms with Crippen molar-refractivity contribution in [1.29, 1.82) is 0 Å². The standard InChI is InChI=1S/C17H26OSi/c1-12-11-14-9-8-10-15(14)13(2)16(12)18-19(6,7)17(3,4)5/h8,10-11H,9H2,1-7H3. The van der Waals surface area contributed by atoms with Crippen molar-refractivity contribution >= 4 is 14.4 Å². The number of allylic oxidation sites excluding steroid dienone is 1. The monoisotopic (exact) mass is 274 g/mol. The molecule has 0 saturated heterocycles. The van der Waals surface area contributed by atoms with Gasteiger partial charge in [0.25, 0.3) is 8.32 Å². The van der Waals surface area contributed by atoms with Gasteiger partial charge in [0.05, 0.1) is 0 Å². The Labute approximate surface area is 118 Å². The third-order valence-electron chi connectivity index (χ3n) is 4.63. The smallest absolute Gasteiger partial charge is 0.250 e. The highest BCUT2D eigenvalue weighted by Crippen LogP contribution is 2.41. The SMILES string of the molecule is Cc1cc2c(c(C)c1O[Si](C)(C)C(C)(C)C)C=CC2. The van der Waals surface area contributed by atoms with E-state index in [-0.39, 0.29) is 5.04 Å². The third kappa shape index (κ3) is 2.51. The van der Waals surface area contributed by atoms with E-state index in [1.54, 1.807) is 0 Å². The molecule has 2 heteroatoms. The van der Waals surface area contributed by atoms with Crippen molar-refractivity contribution in [3.63, 3.8) is 0 Å². The summed E-state index contributed by atoms with van der Waals surface area (Å²) in [7, 11) is -1.77.